The van der Waals surface area contributed by atoms with Gasteiger partial charge < -0.3 is 15.3 Å². The molecule has 0 unspecified atom stereocenters. The lowest BCUT2D eigenvalue weighted by atomic mass is 10.1. The van der Waals surface area contributed by atoms with Crippen molar-refractivity contribution in [2.24, 2.45) is 5.92 Å². The molecule has 2 aromatic heterocycles. The first-order valence-electron chi connectivity index (χ1n) is 11.3. The van der Waals surface area contributed by atoms with Gasteiger partial charge in [0.2, 0.25) is 11.8 Å². The highest BCUT2D eigenvalue weighted by atomic mass is 35.5. The van der Waals surface area contributed by atoms with Crippen LogP contribution in [0.2, 0.25) is 5.02 Å². The van der Waals surface area contributed by atoms with Gasteiger partial charge in [0.15, 0.2) is 5.69 Å². The van der Waals surface area contributed by atoms with Crippen molar-refractivity contribution in [2.45, 2.75) is 49.9 Å². The van der Waals surface area contributed by atoms with E-state index < -0.39 is 12.0 Å². The van der Waals surface area contributed by atoms with Crippen LogP contribution in [0, 0.1) is 5.92 Å². The van der Waals surface area contributed by atoms with Gasteiger partial charge in [0.05, 0.1) is 11.7 Å². The second-order valence-electron chi connectivity index (χ2n) is 9.30. The minimum atomic E-state index is -1.17. The molecule has 2 saturated carbocycles. The molecule has 0 bridgehead atoms. The molecule has 3 aliphatic rings. The highest BCUT2D eigenvalue weighted by Gasteiger charge is 2.56. The Balaban J connectivity index is 1.17. The molecular weight excluding hydrogens is 458 g/mol. The molecular formula is C24H22ClN5O4. The van der Waals surface area contributed by atoms with Crippen LogP contribution in [0.25, 0.3) is 10.9 Å². The van der Waals surface area contributed by atoms with Crippen LogP contribution in [0.4, 0.5) is 0 Å². The Morgan fingerprint density at radius 1 is 1.15 bits per heavy atom. The molecule has 3 aromatic rings. The summed E-state index contributed by atoms with van der Waals surface area (Å²) in [7, 11) is 0. The SMILES string of the molecule is O=C(O)c1nn(CC(=O)N2[C@@H]3C[C@@H]3C[C@H]2C(=O)N[C@H]2C[C@@H]2c2ccccc2Cl)c2cnccc12. The number of likely N-dealkylation sites (tertiary alicyclic amines) is 1. The molecule has 5 atom stereocenters. The van der Waals surface area contributed by atoms with E-state index in [2.05, 4.69) is 15.4 Å². The maximum Gasteiger partial charge on any atom is 0.357 e. The van der Waals surface area contributed by atoms with Crippen LogP contribution in [0.5, 0.6) is 0 Å². The number of carboxylic acids is 1. The number of aromatic carboxylic acids is 1. The van der Waals surface area contributed by atoms with Crippen molar-refractivity contribution in [1.82, 2.24) is 25.0 Å². The lowest BCUT2D eigenvalue weighted by Crippen LogP contribution is -2.49. The van der Waals surface area contributed by atoms with Crippen LogP contribution >= 0.6 is 11.6 Å². The first kappa shape index (κ1) is 21.1. The van der Waals surface area contributed by atoms with Gasteiger partial charge in [0, 0.05) is 34.6 Å². The second-order valence-corrected chi connectivity index (χ2v) is 9.71. The number of aromatic nitrogens is 3. The summed E-state index contributed by atoms with van der Waals surface area (Å²) in [6, 6.07) is 8.77. The Kier molecular flexibility index (Phi) is 4.84. The zero-order valence-corrected chi connectivity index (χ0v) is 18.9. The number of hydrogen-bond acceptors (Lipinski definition) is 5. The van der Waals surface area contributed by atoms with E-state index in [9.17, 15) is 19.5 Å². The van der Waals surface area contributed by atoms with Crippen LogP contribution in [0.15, 0.2) is 42.7 Å². The number of benzene rings is 1. The van der Waals surface area contributed by atoms with E-state index in [4.69, 9.17) is 11.6 Å². The minimum absolute atomic E-state index is 0.0144. The average Bonchev–Trinajstić information content (AvgIpc) is 3.69. The third-order valence-electron chi connectivity index (χ3n) is 7.16. The highest BCUT2D eigenvalue weighted by Crippen LogP contribution is 2.49. The number of carbonyl (C=O) groups excluding carboxylic acids is 2. The van der Waals surface area contributed by atoms with E-state index in [1.807, 2.05) is 24.3 Å². The Labute approximate surface area is 199 Å². The number of pyridine rings is 1. The second kappa shape index (κ2) is 7.80. The molecule has 34 heavy (non-hydrogen) atoms. The molecule has 3 fully saturated rings. The fourth-order valence-electron chi connectivity index (χ4n) is 5.31. The number of carbonyl (C=O) groups is 3. The van der Waals surface area contributed by atoms with Gasteiger partial charge in [-0.2, -0.15) is 5.10 Å². The van der Waals surface area contributed by atoms with Crippen LogP contribution in [-0.2, 0) is 16.1 Å². The van der Waals surface area contributed by atoms with E-state index in [0.29, 0.717) is 28.3 Å². The number of fused-ring (bicyclic) bond motifs is 2. The number of nitrogens with one attached hydrogen (secondary N) is 1. The molecule has 3 heterocycles. The van der Waals surface area contributed by atoms with E-state index in [-0.39, 0.29) is 42.1 Å². The Morgan fingerprint density at radius 3 is 2.76 bits per heavy atom. The highest BCUT2D eigenvalue weighted by molar-refractivity contribution is 6.31. The van der Waals surface area contributed by atoms with E-state index in [1.54, 1.807) is 11.0 Å². The number of hydrogen-bond donors (Lipinski definition) is 2. The summed E-state index contributed by atoms with van der Waals surface area (Å²) in [5, 5.41) is 17.8. The molecule has 9 nitrogen and oxygen atoms in total. The van der Waals surface area contributed by atoms with Gasteiger partial charge >= 0.3 is 5.97 Å². The number of amides is 2. The minimum Gasteiger partial charge on any atom is -0.476 e. The van der Waals surface area contributed by atoms with Crippen LogP contribution in [0.3, 0.4) is 0 Å². The topological polar surface area (TPSA) is 117 Å². The zero-order valence-electron chi connectivity index (χ0n) is 18.1. The summed E-state index contributed by atoms with van der Waals surface area (Å²) in [6.07, 6.45) is 5.36. The fraction of sp³-hybridized carbons (Fsp3) is 0.375. The molecule has 2 N–H and O–H groups in total. The van der Waals surface area contributed by atoms with Gasteiger partial charge in [-0.05, 0) is 42.9 Å². The third-order valence-corrected chi connectivity index (χ3v) is 7.50. The molecule has 0 radical (unpaired) electrons. The van der Waals surface area contributed by atoms with Crippen molar-refractivity contribution in [3.63, 3.8) is 0 Å². The van der Waals surface area contributed by atoms with E-state index >= 15 is 0 Å². The Hall–Kier alpha value is -3.46. The van der Waals surface area contributed by atoms with Gasteiger partial charge in [0.1, 0.15) is 12.6 Å². The quantitative estimate of drug-likeness (QED) is 0.560. The van der Waals surface area contributed by atoms with Crippen molar-refractivity contribution in [2.75, 3.05) is 0 Å². The predicted octanol–water partition coefficient (Wildman–Crippen LogP) is 2.44. The summed E-state index contributed by atoms with van der Waals surface area (Å²) < 4.78 is 1.37. The van der Waals surface area contributed by atoms with Gasteiger partial charge in [-0.15, -0.1) is 0 Å². The summed E-state index contributed by atoms with van der Waals surface area (Å²) in [5.74, 6) is -1.02. The van der Waals surface area contributed by atoms with Gasteiger partial charge in [-0.1, -0.05) is 29.8 Å². The number of carboxylic acid groups (broad SMARTS) is 1. The molecule has 1 saturated heterocycles. The first-order chi connectivity index (χ1) is 16.4. The molecule has 174 valence electrons. The van der Waals surface area contributed by atoms with Crippen LogP contribution in [-0.4, -0.2) is 60.7 Å². The standard InChI is InChI=1S/C24H22ClN5O4/c25-16-4-2-1-3-13(16)15-9-17(15)27-23(32)19-8-12-7-18(12)30(19)21(31)11-29-20-10-26-6-5-14(20)22(28-29)24(33)34/h1-6,10,12,15,17-19H,7-9,11H2,(H,27,32)(H,33,34)/t12-,15-,17+,18-,19+/m1/s1. The monoisotopic (exact) mass is 479 g/mol. The molecule has 2 aliphatic carbocycles. The predicted molar refractivity (Wildman–Crippen MR) is 122 cm³/mol. The number of piperidine rings is 1. The van der Waals surface area contributed by atoms with Crippen molar-refractivity contribution < 1.29 is 19.5 Å². The number of rotatable bonds is 6. The van der Waals surface area contributed by atoms with Crippen molar-refractivity contribution in [1.29, 1.82) is 0 Å². The normalized spacial score (nSPS) is 26.9. The molecule has 1 aliphatic heterocycles. The molecule has 10 heteroatoms. The van der Waals surface area contributed by atoms with Crippen molar-refractivity contribution in [3.8, 4) is 0 Å². The lowest BCUT2D eigenvalue weighted by Gasteiger charge is -2.27. The Bertz CT molecular complexity index is 1340. The van der Waals surface area contributed by atoms with Gasteiger partial charge in [-0.3, -0.25) is 19.3 Å². The largest absolute Gasteiger partial charge is 0.476 e. The molecule has 1 aromatic carbocycles. The summed E-state index contributed by atoms with van der Waals surface area (Å²) in [5.41, 5.74) is 1.39. The third kappa shape index (κ3) is 3.51. The van der Waals surface area contributed by atoms with Crippen LogP contribution < -0.4 is 5.32 Å². The van der Waals surface area contributed by atoms with Crippen molar-refractivity contribution >= 4 is 40.3 Å². The summed E-state index contributed by atoms with van der Waals surface area (Å²) in [4.78, 5) is 43.8. The van der Waals surface area contributed by atoms with E-state index in [1.165, 1.54) is 17.1 Å². The van der Waals surface area contributed by atoms with Crippen molar-refractivity contribution in [3.05, 3.63) is 59.0 Å². The average molecular weight is 480 g/mol. The zero-order chi connectivity index (χ0) is 23.6. The van der Waals surface area contributed by atoms with Crippen LogP contribution in [0.1, 0.15) is 41.2 Å². The molecule has 6 rings (SSSR count). The lowest BCUT2D eigenvalue weighted by molar-refractivity contribution is -0.140. The van der Waals surface area contributed by atoms with Gasteiger partial charge in [0.25, 0.3) is 0 Å². The smallest absolute Gasteiger partial charge is 0.357 e. The molecule has 0 spiro atoms. The Morgan fingerprint density at radius 2 is 1.97 bits per heavy atom. The van der Waals surface area contributed by atoms with E-state index in [0.717, 1.165) is 18.4 Å². The maximum atomic E-state index is 13.3. The maximum absolute atomic E-state index is 13.3. The number of nitrogens with zero attached hydrogens (tertiary/aromatic N) is 4. The first-order valence-corrected chi connectivity index (χ1v) is 11.7. The molecule has 2 amide bonds. The summed E-state index contributed by atoms with van der Waals surface area (Å²) >= 11 is 6.30. The fourth-order valence-corrected chi connectivity index (χ4v) is 5.59. The van der Waals surface area contributed by atoms with Gasteiger partial charge in [-0.25, -0.2) is 4.79 Å². The summed E-state index contributed by atoms with van der Waals surface area (Å²) in [6.45, 7) is -0.145. The number of halogens is 1.